The lowest BCUT2D eigenvalue weighted by atomic mass is 10.2. The zero-order valence-electron chi connectivity index (χ0n) is 18.8. The first kappa shape index (κ1) is 21.5. The Bertz CT molecular complexity index is 990. The Balaban J connectivity index is 1.96. The van der Waals surface area contributed by atoms with Crippen molar-refractivity contribution >= 4 is 37.6 Å². The van der Waals surface area contributed by atoms with Gasteiger partial charge in [0.2, 0.25) is 0 Å². The normalized spacial score (nSPS) is 12.1. The third kappa shape index (κ3) is 4.37. The summed E-state index contributed by atoms with van der Waals surface area (Å²) in [5, 5.41) is 6.28. The lowest BCUT2D eigenvalue weighted by Crippen LogP contribution is -2.68. The van der Waals surface area contributed by atoms with Crippen molar-refractivity contribution in [2.24, 2.45) is 0 Å². The number of hydrogen-bond donors (Lipinski definition) is 0. The monoisotopic (exact) mass is 435 g/mol. The van der Waals surface area contributed by atoms with Gasteiger partial charge in [-0.3, -0.25) is 0 Å². The average molecular weight is 436 g/mol. The molecule has 4 aromatic rings. The second-order valence-corrected chi connectivity index (χ2v) is 17.3. The SMILES string of the molecule is CC(C)(C)[Si](C[Si](c1ccccc1)c1ccccc1)(c1ccccc1)c1ccccc1. The molecule has 0 saturated carbocycles. The minimum atomic E-state index is -2.13. The van der Waals surface area contributed by atoms with Gasteiger partial charge in [0.1, 0.15) is 16.9 Å². The molecule has 31 heavy (non-hydrogen) atoms. The van der Waals surface area contributed by atoms with Gasteiger partial charge in [0.15, 0.2) is 0 Å². The highest BCUT2D eigenvalue weighted by Crippen LogP contribution is 2.39. The molecule has 2 heteroatoms. The molecule has 155 valence electrons. The van der Waals surface area contributed by atoms with Crippen LogP contribution in [0.1, 0.15) is 20.8 Å². The molecular formula is C29H31Si2. The Morgan fingerprint density at radius 2 is 0.839 bits per heavy atom. The number of hydrogen-bond acceptors (Lipinski definition) is 0. The maximum absolute atomic E-state index is 2.47. The quantitative estimate of drug-likeness (QED) is 0.378. The average Bonchev–Trinajstić information content (AvgIpc) is 2.81. The van der Waals surface area contributed by atoms with E-state index in [0.717, 1.165) is 0 Å². The van der Waals surface area contributed by atoms with E-state index in [1.54, 1.807) is 10.4 Å². The first-order valence-corrected chi connectivity index (χ1v) is 15.0. The van der Waals surface area contributed by atoms with Crippen molar-refractivity contribution in [3.8, 4) is 0 Å². The predicted octanol–water partition coefficient (Wildman–Crippen LogP) is 4.90. The van der Waals surface area contributed by atoms with E-state index in [9.17, 15) is 0 Å². The van der Waals surface area contributed by atoms with E-state index in [4.69, 9.17) is 0 Å². The molecule has 0 heterocycles. The van der Waals surface area contributed by atoms with Gasteiger partial charge in [-0.05, 0) is 10.7 Å². The zero-order chi connectivity index (χ0) is 21.7. The highest BCUT2D eigenvalue weighted by molar-refractivity contribution is 7.12. The van der Waals surface area contributed by atoms with E-state index in [-0.39, 0.29) is 5.04 Å². The molecule has 0 saturated heterocycles. The topological polar surface area (TPSA) is 0 Å². The Hall–Kier alpha value is -2.69. The van der Waals surface area contributed by atoms with Gasteiger partial charge in [-0.2, -0.15) is 0 Å². The number of benzene rings is 4. The van der Waals surface area contributed by atoms with Gasteiger partial charge < -0.3 is 0 Å². The fourth-order valence-corrected chi connectivity index (χ4v) is 17.5. The van der Waals surface area contributed by atoms with Gasteiger partial charge in [-0.1, -0.05) is 163 Å². The molecule has 0 aliphatic carbocycles. The maximum Gasteiger partial charge on any atom is 0.121 e. The fourth-order valence-electron chi connectivity index (χ4n) is 4.86. The van der Waals surface area contributed by atoms with Gasteiger partial charge in [0, 0.05) is 0 Å². The zero-order valence-corrected chi connectivity index (χ0v) is 20.8. The summed E-state index contributed by atoms with van der Waals surface area (Å²) in [4.78, 5) is 0. The van der Waals surface area contributed by atoms with Gasteiger partial charge >= 0.3 is 0 Å². The van der Waals surface area contributed by atoms with E-state index in [2.05, 4.69) is 142 Å². The third-order valence-electron chi connectivity index (χ3n) is 6.50. The summed E-state index contributed by atoms with van der Waals surface area (Å²) < 4.78 is 0. The van der Waals surface area contributed by atoms with Crippen LogP contribution in [-0.2, 0) is 0 Å². The predicted molar refractivity (Wildman–Crippen MR) is 140 cm³/mol. The van der Waals surface area contributed by atoms with E-state index < -0.39 is 16.9 Å². The smallest absolute Gasteiger partial charge is 0.0628 e. The third-order valence-corrected chi connectivity index (χ3v) is 17.3. The lowest BCUT2D eigenvalue weighted by molar-refractivity contribution is 0.732. The molecule has 0 bridgehead atoms. The molecule has 0 fully saturated rings. The largest absolute Gasteiger partial charge is 0.121 e. The minimum Gasteiger partial charge on any atom is -0.0628 e. The molecule has 0 aliphatic heterocycles. The fraction of sp³-hybridized carbons (Fsp3) is 0.172. The molecule has 0 spiro atoms. The van der Waals surface area contributed by atoms with Gasteiger partial charge in [0.05, 0.1) is 0 Å². The summed E-state index contributed by atoms with van der Waals surface area (Å²) in [7, 11) is -3.10. The van der Waals surface area contributed by atoms with Crippen LogP contribution in [0.2, 0.25) is 10.7 Å². The molecule has 0 amide bonds. The Morgan fingerprint density at radius 1 is 0.516 bits per heavy atom. The summed E-state index contributed by atoms with van der Waals surface area (Å²) in [5.74, 6) is 0. The van der Waals surface area contributed by atoms with Crippen molar-refractivity contribution in [2.45, 2.75) is 31.5 Å². The van der Waals surface area contributed by atoms with Crippen molar-refractivity contribution in [2.75, 3.05) is 0 Å². The summed E-state index contributed by atoms with van der Waals surface area (Å²) in [6, 6.07) is 45.2. The van der Waals surface area contributed by atoms with Gasteiger partial charge in [-0.25, -0.2) is 0 Å². The molecular weight excluding hydrogens is 404 g/mol. The van der Waals surface area contributed by atoms with Crippen molar-refractivity contribution in [1.29, 1.82) is 0 Å². The Kier molecular flexibility index (Phi) is 6.40. The molecule has 0 nitrogen and oxygen atoms in total. The summed E-state index contributed by atoms with van der Waals surface area (Å²) in [6.45, 7) is 7.40. The van der Waals surface area contributed by atoms with Crippen LogP contribution in [0.3, 0.4) is 0 Å². The molecule has 0 unspecified atom stereocenters. The first-order chi connectivity index (χ1) is 15.0. The van der Waals surface area contributed by atoms with Gasteiger partial charge in [-0.15, -0.1) is 0 Å². The maximum atomic E-state index is 2.47. The molecule has 0 aromatic heterocycles. The van der Waals surface area contributed by atoms with Crippen LogP contribution in [0, 0.1) is 0 Å². The van der Waals surface area contributed by atoms with Crippen LogP contribution < -0.4 is 20.7 Å². The Morgan fingerprint density at radius 3 is 1.16 bits per heavy atom. The van der Waals surface area contributed by atoms with Crippen LogP contribution in [0.4, 0.5) is 0 Å². The van der Waals surface area contributed by atoms with Gasteiger partial charge in [0.25, 0.3) is 0 Å². The van der Waals surface area contributed by atoms with Crippen molar-refractivity contribution < 1.29 is 0 Å². The summed E-state index contributed by atoms with van der Waals surface area (Å²) in [5.41, 5.74) is 1.24. The van der Waals surface area contributed by atoms with Crippen molar-refractivity contribution in [3.63, 3.8) is 0 Å². The van der Waals surface area contributed by atoms with E-state index >= 15 is 0 Å². The molecule has 1 radical (unpaired) electrons. The van der Waals surface area contributed by atoms with Crippen LogP contribution in [0.15, 0.2) is 121 Å². The lowest BCUT2D eigenvalue weighted by Gasteiger charge is -2.46. The van der Waals surface area contributed by atoms with Crippen molar-refractivity contribution in [3.05, 3.63) is 121 Å². The second kappa shape index (κ2) is 9.21. The Labute approximate surface area is 190 Å². The standard InChI is InChI=1S/C29H31Si2/c1-29(2,3)31(27-20-12-6-13-21-27,28-22-14-7-15-23-28)24-30(25-16-8-4-9-17-25)26-18-10-5-11-19-26/h4-23H,24H2,1-3H3. The van der Waals surface area contributed by atoms with E-state index in [0.29, 0.717) is 0 Å². The van der Waals surface area contributed by atoms with Crippen LogP contribution in [0.25, 0.3) is 0 Å². The van der Waals surface area contributed by atoms with E-state index in [1.807, 2.05) is 0 Å². The summed E-state index contributed by atoms with van der Waals surface area (Å²) >= 11 is 0. The molecule has 0 aliphatic rings. The molecule has 0 N–H and O–H groups in total. The van der Waals surface area contributed by atoms with E-state index in [1.165, 1.54) is 16.0 Å². The van der Waals surface area contributed by atoms with Crippen LogP contribution >= 0.6 is 0 Å². The van der Waals surface area contributed by atoms with Crippen LogP contribution in [0.5, 0.6) is 0 Å². The highest BCUT2D eigenvalue weighted by Gasteiger charge is 2.49. The van der Waals surface area contributed by atoms with Crippen molar-refractivity contribution in [1.82, 2.24) is 0 Å². The number of rotatable bonds is 6. The molecule has 4 aromatic carbocycles. The first-order valence-electron chi connectivity index (χ1n) is 11.1. The minimum absolute atomic E-state index is 0.176. The molecule has 4 rings (SSSR count). The molecule has 0 atom stereocenters. The van der Waals surface area contributed by atoms with Crippen LogP contribution in [-0.4, -0.2) is 16.9 Å². The second-order valence-electron chi connectivity index (χ2n) is 9.27. The summed E-state index contributed by atoms with van der Waals surface area (Å²) in [6.07, 6.45) is 0. The highest BCUT2D eigenvalue weighted by atomic mass is 28.4.